The van der Waals surface area contributed by atoms with Crippen LogP contribution in [0.3, 0.4) is 0 Å². The lowest BCUT2D eigenvalue weighted by Crippen LogP contribution is -2.49. The van der Waals surface area contributed by atoms with Gasteiger partial charge < -0.3 is 24.8 Å². The number of carbonyl (C=O) groups excluding carboxylic acids is 3. The number of nitrogens with one attached hydrogen (secondary N) is 2. The van der Waals surface area contributed by atoms with E-state index in [0.29, 0.717) is 12.1 Å². The number of alkyl carbamates (subject to hydrolysis) is 1. The third-order valence-corrected chi connectivity index (χ3v) is 5.29. The zero-order chi connectivity index (χ0) is 28.1. The second-order valence-corrected chi connectivity index (χ2v) is 9.95. The molecule has 2 rings (SSSR count). The second-order valence-electron chi connectivity index (χ2n) is 9.95. The first kappa shape index (κ1) is 30.6. The van der Waals surface area contributed by atoms with Crippen molar-refractivity contribution in [2.24, 2.45) is 0 Å². The highest BCUT2D eigenvalue weighted by atomic mass is 19.1. The van der Waals surface area contributed by atoms with Crippen molar-refractivity contribution < 1.29 is 33.0 Å². The van der Waals surface area contributed by atoms with Gasteiger partial charge in [-0.1, -0.05) is 56.2 Å². The van der Waals surface area contributed by atoms with Gasteiger partial charge >= 0.3 is 12.1 Å². The quantitative estimate of drug-likeness (QED) is 0.263. The number of rotatable bonds is 13. The first-order valence-electron chi connectivity index (χ1n) is 12.9. The highest BCUT2D eigenvalue weighted by Crippen LogP contribution is 2.24. The predicted octanol–water partition coefficient (Wildman–Crippen LogP) is 5.48. The number of amides is 2. The van der Waals surface area contributed by atoms with Crippen LogP contribution in [0.4, 0.5) is 9.18 Å². The molecule has 0 bridgehead atoms. The maximum atomic E-state index is 13.7. The Bertz CT molecular complexity index is 1050. The van der Waals surface area contributed by atoms with Crippen molar-refractivity contribution >= 4 is 18.0 Å². The van der Waals surface area contributed by atoms with E-state index in [-0.39, 0.29) is 30.2 Å². The van der Waals surface area contributed by atoms with E-state index < -0.39 is 30.1 Å². The van der Waals surface area contributed by atoms with Gasteiger partial charge in [-0.25, -0.2) is 14.0 Å². The first-order valence-corrected chi connectivity index (χ1v) is 12.9. The van der Waals surface area contributed by atoms with E-state index in [9.17, 15) is 18.8 Å². The molecule has 38 heavy (non-hydrogen) atoms. The number of alkyl halides is 1. The number of carbonyl (C=O) groups is 3. The summed E-state index contributed by atoms with van der Waals surface area (Å²) in [5.41, 5.74) is 0.603. The number of halogens is 1. The van der Waals surface area contributed by atoms with Crippen molar-refractivity contribution in [3.05, 3.63) is 65.2 Å². The molecule has 0 spiro atoms. The summed E-state index contributed by atoms with van der Waals surface area (Å²) in [4.78, 5) is 38.4. The van der Waals surface area contributed by atoms with Crippen molar-refractivity contribution in [2.45, 2.75) is 84.9 Å². The Balaban J connectivity index is 2.25. The van der Waals surface area contributed by atoms with Crippen LogP contribution in [0.1, 0.15) is 75.4 Å². The molecule has 2 aromatic carbocycles. The summed E-state index contributed by atoms with van der Waals surface area (Å²) in [5, 5.41) is 5.47. The Labute approximate surface area is 224 Å². The number of ether oxygens (including phenoxy) is 3. The van der Waals surface area contributed by atoms with Crippen molar-refractivity contribution in [2.75, 3.05) is 6.54 Å². The summed E-state index contributed by atoms with van der Waals surface area (Å²) in [6, 6.07) is 12.7. The van der Waals surface area contributed by atoms with Crippen LogP contribution in [0.15, 0.2) is 48.5 Å². The predicted molar refractivity (Wildman–Crippen MR) is 143 cm³/mol. The average molecular weight is 531 g/mol. The van der Waals surface area contributed by atoms with Gasteiger partial charge in [0.2, 0.25) is 12.3 Å². The summed E-state index contributed by atoms with van der Waals surface area (Å²) < 4.78 is 29.6. The maximum Gasteiger partial charge on any atom is 0.408 e. The zero-order valence-electron chi connectivity index (χ0n) is 22.8. The lowest BCUT2D eigenvalue weighted by Gasteiger charge is -2.23. The molecule has 0 aliphatic rings. The Hall–Kier alpha value is -3.62. The van der Waals surface area contributed by atoms with E-state index in [1.165, 1.54) is 19.1 Å². The van der Waals surface area contributed by atoms with Crippen LogP contribution in [0.5, 0.6) is 5.75 Å². The topological polar surface area (TPSA) is 103 Å². The first-order chi connectivity index (χ1) is 18.0. The van der Waals surface area contributed by atoms with E-state index in [1.807, 2.05) is 30.3 Å². The summed E-state index contributed by atoms with van der Waals surface area (Å²) in [6.45, 7) is 8.94. The molecule has 0 aliphatic heterocycles. The lowest BCUT2D eigenvalue weighted by molar-refractivity contribution is -0.123. The normalized spacial score (nSPS) is 12.7. The Morgan fingerprint density at radius 2 is 1.71 bits per heavy atom. The fraction of sp³-hybridized carbons (Fsp3) is 0.483. The van der Waals surface area contributed by atoms with Gasteiger partial charge in [0.1, 0.15) is 29.6 Å². The molecule has 0 saturated heterocycles. The summed E-state index contributed by atoms with van der Waals surface area (Å²) >= 11 is 0. The molecule has 0 radical (unpaired) electrons. The van der Waals surface area contributed by atoms with Gasteiger partial charge in [0, 0.05) is 19.9 Å². The fourth-order valence-corrected chi connectivity index (χ4v) is 3.55. The lowest BCUT2D eigenvalue weighted by atomic mass is 10.0. The molecule has 0 saturated carbocycles. The van der Waals surface area contributed by atoms with E-state index in [1.54, 1.807) is 26.8 Å². The van der Waals surface area contributed by atoms with E-state index in [2.05, 4.69) is 17.6 Å². The Morgan fingerprint density at radius 1 is 1.00 bits per heavy atom. The molecule has 0 heterocycles. The Morgan fingerprint density at radius 3 is 2.34 bits per heavy atom. The molecular formula is C29H39FN2O6. The second kappa shape index (κ2) is 15.0. The number of hydrogen-bond donors (Lipinski definition) is 2. The molecule has 2 atom stereocenters. The summed E-state index contributed by atoms with van der Waals surface area (Å²) in [6.07, 6.45) is 0.449. The molecule has 0 aromatic heterocycles. The van der Waals surface area contributed by atoms with Gasteiger partial charge in [0.15, 0.2) is 0 Å². The van der Waals surface area contributed by atoms with Crippen LogP contribution in [0, 0.1) is 0 Å². The van der Waals surface area contributed by atoms with Crippen LogP contribution in [0.2, 0.25) is 0 Å². The number of hydrogen-bond acceptors (Lipinski definition) is 6. The van der Waals surface area contributed by atoms with Crippen LogP contribution >= 0.6 is 0 Å². The van der Waals surface area contributed by atoms with E-state index in [4.69, 9.17) is 14.2 Å². The number of benzene rings is 2. The molecule has 208 valence electrons. The smallest absolute Gasteiger partial charge is 0.408 e. The van der Waals surface area contributed by atoms with Crippen LogP contribution in [0.25, 0.3) is 0 Å². The molecule has 2 N–H and O–H groups in total. The molecule has 9 heteroatoms. The molecule has 2 amide bonds. The fourth-order valence-electron chi connectivity index (χ4n) is 3.55. The highest BCUT2D eigenvalue weighted by molar-refractivity contribution is 5.93. The minimum absolute atomic E-state index is 0.0160. The molecule has 2 unspecified atom stereocenters. The Kier molecular flexibility index (Phi) is 12.0. The minimum Gasteiger partial charge on any atom is -0.460 e. The van der Waals surface area contributed by atoms with Gasteiger partial charge in [-0.2, -0.15) is 0 Å². The zero-order valence-corrected chi connectivity index (χ0v) is 22.8. The van der Waals surface area contributed by atoms with Crippen molar-refractivity contribution in [3.63, 3.8) is 0 Å². The van der Waals surface area contributed by atoms with Crippen LogP contribution in [-0.4, -0.2) is 42.5 Å². The van der Waals surface area contributed by atoms with Gasteiger partial charge in [0.05, 0.1) is 0 Å². The van der Waals surface area contributed by atoms with Gasteiger partial charge in [-0.15, -0.1) is 0 Å². The third kappa shape index (κ3) is 11.2. The molecule has 0 fully saturated rings. The van der Waals surface area contributed by atoms with Crippen molar-refractivity contribution in [3.8, 4) is 5.75 Å². The van der Waals surface area contributed by atoms with E-state index in [0.717, 1.165) is 24.8 Å². The monoisotopic (exact) mass is 530 g/mol. The highest BCUT2D eigenvalue weighted by Gasteiger charge is 2.26. The third-order valence-electron chi connectivity index (χ3n) is 5.29. The van der Waals surface area contributed by atoms with Crippen molar-refractivity contribution in [1.82, 2.24) is 10.6 Å². The van der Waals surface area contributed by atoms with Crippen molar-refractivity contribution in [1.29, 1.82) is 0 Å². The number of unbranched alkanes of at least 4 members (excludes halogenated alkanes) is 2. The summed E-state index contributed by atoms with van der Waals surface area (Å²) in [5.74, 6) is -1.06. The largest absolute Gasteiger partial charge is 0.460 e. The average Bonchev–Trinajstić information content (AvgIpc) is 2.84. The van der Waals surface area contributed by atoms with E-state index >= 15 is 0 Å². The summed E-state index contributed by atoms with van der Waals surface area (Å²) in [7, 11) is 0. The molecular weight excluding hydrogens is 491 g/mol. The molecule has 8 nitrogen and oxygen atoms in total. The molecule has 2 aromatic rings. The van der Waals surface area contributed by atoms with Crippen LogP contribution < -0.4 is 15.4 Å². The minimum atomic E-state index is -1.66. The van der Waals surface area contributed by atoms with Gasteiger partial charge in [-0.3, -0.25) is 4.79 Å². The molecule has 0 aliphatic carbocycles. The standard InChI is InChI=1S/C29H39FN2O6/c1-6-7-11-16-31-26(33)24(32-28(35)38-29(3,4)5)18-22-14-15-25(37-20(2)30)23(17-22)27(34)36-19-21-12-9-8-10-13-21/h8-10,12-15,17,20,24H,6-7,11,16,18-19H2,1-5H3,(H,31,33)(H,32,35). The van der Waals surface area contributed by atoms with Crippen LogP contribution in [-0.2, 0) is 27.3 Å². The SMILES string of the molecule is CCCCCNC(=O)C(Cc1ccc(OC(C)F)c(C(=O)OCc2ccccc2)c1)NC(=O)OC(C)(C)C. The maximum absolute atomic E-state index is 13.7. The van der Waals surface area contributed by atoms with Gasteiger partial charge in [-0.05, 0) is 50.5 Å². The number of esters is 1. The van der Waals surface area contributed by atoms with Gasteiger partial charge in [0.25, 0.3) is 0 Å².